The molecule has 1 amide bonds. The van der Waals surface area contributed by atoms with Crippen molar-refractivity contribution in [2.75, 3.05) is 0 Å². The van der Waals surface area contributed by atoms with Crippen molar-refractivity contribution in [1.82, 2.24) is 10.3 Å². The van der Waals surface area contributed by atoms with Gasteiger partial charge in [-0.3, -0.25) is 4.79 Å². The van der Waals surface area contributed by atoms with Gasteiger partial charge in [0.25, 0.3) is 5.91 Å². The van der Waals surface area contributed by atoms with Crippen LogP contribution in [0.25, 0.3) is 0 Å². The normalized spacial score (nSPS) is 31.2. The van der Waals surface area contributed by atoms with E-state index in [-0.39, 0.29) is 11.4 Å². The van der Waals surface area contributed by atoms with E-state index in [1.165, 1.54) is 37.0 Å². The third-order valence-corrected chi connectivity index (χ3v) is 5.40. The molecule has 4 heteroatoms. The Balaban J connectivity index is 1.69. The maximum Gasteiger partial charge on any atom is 0.263 e. The second-order valence-electron chi connectivity index (χ2n) is 6.54. The van der Waals surface area contributed by atoms with Crippen LogP contribution >= 0.6 is 11.3 Å². The molecule has 2 aliphatic carbocycles. The Hall–Kier alpha value is -0.900. The summed E-state index contributed by atoms with van der Waals surface area (Å²) in [6, 6.07) is 0. The molecule has 0 radical (unpaired) electrons. The summed E-state index contributed by atoms with van der Waals surface area (Å²) in [7, 11) is 0. The van der Waals surface area contributed by atoms with Gasteiger partial charge in [-0.2, -0.15) is 0 Å². The fourth-order valence-corrected chi connectivity index (χ4v) is 3.70. The van der Waals surface area contributed by atoms with Gasteiger partial charge in [0.1, 0.15) is 4.88 Å². The number of hydrogen-bond acceptors (Lipinski definition) is 3. The number of rotatable bonds is 3. The van der Waals surface area contributed by atoms with Crippen LogP contribution in [-0.2, 0) is 0 Å². The van der Waals surface area contributed by atoms with Gasteiger partial charge in [-0.15, -0.1) is 11.3 Å². The predicted molar refractivity (Wildman–Crippen MR) is 77.6 cm³/mol. The topological polar surface area (TPSA) is 42.0 Å². The van der Waals surface area contributed by atoms with Gasteiger partial charge in [0.05, 0.1) is 11.2 Å². The van der Waals surface area contributed by atoms with E-state index in [2.05, 4.69) is 24.1 Å². The van der Waals surface area contributed by atoms with Crippen molar-refractivity contribution in [2.24, 2.45) is 5.92 Å². The third-order valence-electron chi connectivity index (χ3n) is 4.56. The quantitative estimate of drug-likeness (QED) is 0.915. The summed E-state index contributed by atoms with van der Waals surface area (Å²) in [6.45, 7) is 4.49. The van der Waals surface area contributed by atoms with Gasteiger partial charge in [0.2, 0.25) is 0 Å². The van der Waals surface area contributed by atoms with Gasteiger partial charge in [-0.25, -0.2) is 4.98 Å². The van der Waals surface area contributed by atoms with E-state index in [1.54, 1.807) is 0 Å². The smallest absolute Gasteiger partial charge is 0.263 e. The van der Waals surface area contributed by atoms with Gasteiger partial charge in [0, 0.05) is 11.5 Å². The van der Waals surface area contributed by atoms with Crippen LogP contribution in [-0.4, -0.2) is 16.4 Å². The van der Waals surface area contributed by atoms with Gasteiger partial charge in [-0.1, -0.05) is 6.92 Å². The lowest BCUT2D eigenvalue weighted by molar-refractivity contribution is 0.0873. The van der Waals surface area contributed by atoms with Crippen molar-refractivity contribution in [2.45, 2.75) is 63.8 Å². The van der Waals surface area contributed by atoms with Gasteiger partial charge < -0.3 is 5.32 Å². The van der Waals surface area contributed by atoms with E-state index in [0.717, 1.165) is 29.3 Å². The van der Waals surface area contributed by atoms with E-state index in [1.807, 2.05) is 5.51 Å². The zero-order valence-electron chi connectivity index (χ0n) is 11.7. The van der Waals surface area contributed by atoms with Crippen LogP contribution in [0.4, 0.5) is 0 Å². The lowest BCUT2D eigenvalue weighted by Crippen LogP contribution is -2.48. The molecule has 0 saturated heterocycles. The number of amides is 1. The SMILES string of the molecule is CC1CCC(C)(NC(=O)c2scnc2C2CC2)CC1. The Labute approximate surface area is 118 Å². The second kappa shape index (κ2) is 4.89. The summed E-state index contributed by atoms with van der Waals surface area (Å²) in [5.41, 5.74) is 2.83. The zero-order valence-corrected chi connectivity index (χ0v) is 12.6. The molecule has 0 aliphatic heterocycles. The average molecular weight is 278 g/mol. The first-order valence-electron chi connectivity index (χ1n) is 7.33. The molecule has 2 aliphatic rings. The van der Waals surface area contributed by atoms with Crippen LogP contribution in [0.15, 0.2) is 5.51 Å². The molecule has 3 rings (SSSR count). The van der Waals surface area contributed by atoms with Crippen molar-refractivity contribution >= 4 is 17.2 Å². The Kier molecular flexibility index (Phi) is 3.37. The molecule has 0 spiro atoms. The van der Waals surface area contributed by atoms with E-state index in [4.69, 9.17) is 0 Å². The van der Waals surface area contributed by atoms with Gasteiger partial charge in [-0.05, 0) is 51.4 Å². The largest absolute Gasteiger partial charge is 0.346 e. The molecule has 0 unspecified atom stereocenters. The van der Waals surface area contributed by atoms with Gasteiger partial charge >= 0.3 is 0 Å². The number of nitrogens with zero attached hydrogens (tertiary/aromatic N) is 1. The lowest BCUT2D eigenvalue weighted by Gasteiger charge is -2.37. The molecule has 0 aromatic carbocycles. The number of carbonyl (C=O) groups excluding carboxylic acids is 1. The maximum absolute atomic E-state index is 12.5. The zero-order chi connectivity index (χ0) is 13.5. The Morgan fingerprint density at radius 3 is 2.68 bits per heavy atom. The molecule has 2 saturated carbocycles. The molecule has 1 N–H and O–H groups in total. The third kappa shape index (κ3) is 2.83. The maximum atomic E-state index is 12.5. The van der Waals surface area contributed by atoms with Crippen LogP contribution < -0.4 is 5.32 Å². The molecule has 1 heterocycles. The molecular formula is C15H22N2OS. The first kappa shape index (κ1) is 13.1. The van der Waals surface area contributed by atoms with Crippen molar-refractivity contribution in [1.29, 1.82) is 0 Å². The summed E-state index contributed by atoms with van der Waals surface area (Å²) in [6.07, 6.45) is 7.01. The molecule has 19 heavy (non-hydrogen) atoms. The minimum Gasteiger partial charge on any atom is -0.346 e. The Morgan fingerprint density at radius 1 is 1.37 bits per heavy atom. The van der Waals surface area contributed by atoms with Crippen LogP contribution in [0.2, 0.25) is 0 Å². The van der Waals surface area contributed by atoms with E-state index in [0.29, 0.717) is 5.92 Å². The number of hydrogen-bond donors (Lipinski definition) is 1. The summed E-state index contributed by atoms with van der Waals surface area (Å²) < 4.78 is 0. The Bertz CT molecular complexity index is 470. The molecule has 1 aromatic heterocycles. The number of thiazole rings is 1. The highest BCUT2D eigenvalue weighted by Crippen LogP contribution is 2.42. The summed E-state index contributed by atoms with van der Waals surface area (Å²) in [4.78, 5) is 17.7. The fourth-order valence-electron chi connectivity index (χ4n) is 2.93. The molecule has 3 nitrogen and oxygen atoms in total. The highest BCUT2D eigenvalue weighted by atomic mass is 32.1. The number of carbonyl (C=O) groups is 1. The lowest BCUT2D eigenvalue weighted by atomic mass is 9.78. The van der Waals surface area contributed by atoms with E-state index in [9.17, 15) is 4.79 Å². The minimum absolute atomic E-state index is 0.0194. The van der Waals surface area contributed by atoms with Gasteiger partial charge in [0.15, 0.2) is 0 Å². The summed E-state index contributed by atoms with van der Waals surface area (Å²) >= 11 is 1.49. The molecular weight excluding hydrogens is 256 g/mol. The molecule has 0 atom stereocenters. The van der Waals surface area contributed by atoms with Crippen LogP contribution in [0.1, 0.15) is 73.7 Å². The second-order valence-corrected chi connectivity index (χ2v) is 7.39. The van der Waals surface area contributed by atoms with Crippen molar-refractivity contribution in [3.8, 4) is 0 Å². The van der Waals surface area contributed by atoms with Crippen LogP contribution in [0, 0.1) is 5.92 Å². The van der Waals surface area contributed by atoms with Crippen LogP contribution in [0.3, 0.4) is 0 Å². The summed E-state index contributed by atoms with van der Waals surface area (Å²) in [5.74, 6) is 1.45. The van der Waals surface area contributed by atoms with Crippen molar-refractivity contribution in [3.05, 3.63) is 16.1 Å². The Morgan fingerprint density at radius 2 is 2.05 bits per heavy atom. The monoisotopic (exact) mass is 278 g/mol. The number of aromatic nitrogens is 1. The standard InChI is InChI=1S/C15H22N2OS/c1-10-5-7-15(2,8-6-10)17-14(18)13-12(11-3-4-11)16-9-19-13/h9-11H,3-8H2,1-2H3,(H,17,18). The molecule has 104 valence electrons. The average Bonchev–Trinajstić information content (AvgIpc) is 3.10. The highest BCUT2D eigenvalue weighted by molar-refractivity contribution is 7.11. The molecule has 0 bridgehead atoms. The van der Waals surface area contributed by atoms with Crippen molar-refractivity contribution < 1.29 is 4.79 Å². The first-order chi connectivity index (χ1) is 9.07. The van der Waals surface area contributed by atoms with E-state index >= 15 is 0 Å². The number of nitrogens with one attached hydrogen (secondary N) is 1. The van der Waals surface area contributed by atoms with Crippen LogP contribution in [0.5, 0.6) is 0 Å². The molecule has 1 aromatic rings. The summed E-state index contributed by atoms with van der Waals surface area (Å²) in [5, 5.41) is 3.27. The predicted octanol–water partition coefficient (Wildman–Crippen LogP) is 3.72. The molecule has 2 fully saturated rings. The van der Waals surface area contributed by atoms with E-state index < -0.39 is 0 Å². The highest BCUT2D eigenvalue weighted by Gasteiger charge is 2.35. The first-order valence-corrected chi connectivity index (χ1v) is 8.21. The fraction of sp³-hybridized carbons (Fsp3) is 0.733. The minimum atomic E-state index is -0.0194. The van der Waals surface area contributed by atoms with Crippen molar-refractivity contribution in [3.63, 3.8) is 0 Å².